The average molecular weight is 560 g/mol. The predicted molar refractivity (Wildman–Crippen MR) is 144 cm³/mol. The molecule has 6 N–H and O–H groups in total. The first-order valence-electron chi connectivity index (χ1n) is 12.1. The van der Waals surface area contributed by atoms with Crippen molar-refractivity contribution in [1.82, 2.24) is 9.88 Å². The third-order valence-corrected chi connectivity index (χ3v) is 5.92. The number of H-pyrrole nitrogens is 1. The normalized spacial score (nSPS) is 14.4. The Bertz CT molecular complexity index is 1380. The quantitative estimate of drug-likeness (QED) is 0.194. The average Bonchev–Trinajstić information content (AvgIpc) is 3.32. The fourth-order valence-corrected chi connectivity index (χ4v) is 4.18. The fraction of sp³-hybridized carbons (Fsp3) is 0.269. The molecule has 3 aromatic rings. The Kier molecular flexibility index (Phi) is 8.91. The fourth-order valence-electron chi connectivity index (χ4n) is 4.18. The summed E-state index contributed by atoms with van der Waals surface area (Å²) >= 11 is 0. The van der Waals surface area contributed by atoms with E-state index in [1.165, 1.54) is 19.2 Å². The number of nitrogens with two attached hydrogens (primary N) is 1. The number of anilines is 2. The molecule has 0 saturated carbocycles. The predicted octanol–water partition coefficient (Wildman–Crippen LogP) is 4.38. The second kappa shape index (κ2) is 12.5. The Hall–Kier alpha value is -4.56. The molecule has 0 spiro atoms. The van der Waals surface area contributed by atoms with Gasteiger partial charge >= 0.3 is 12.4 Å². The number of hydrogen-bond donors (Lipinski definition) is 5. The molecular weight excluding hydrogens is 531 g/mol. The van der Waals surface area contributed by atoms with Gasteiger partial charge in [0.2, 0.25) is 0 Å². The number of aromatic nitrogens is 1. The van der Waals surface area contributed by atoms with Gasteiger partial charge in [-0.3, -0.25) is 10.3 Å². The number of carbonyl (C=O) groups is 1. The minimum Gasteiger partial charge on any atom is -0.495 e. The van der Waals surface area contributed by atoms with Crippen molar-refractivity contribution in [2.24, 2.45) is 10.7 Å². The van der Waals surface area contributed by atoms with E-state index in [-0.39, 0.29) is 11.5 Å². The molecule has 0 unspecified atom stereocenters. The number of aromatic amines is 1. The van der Waals surface area contributed by atoms with E-state index in [0.717, 1.165) is 42.8 Å². The van der Waals surface area contributed by atoms with Crippen molar-refractivity contribution >= 4 is 29.6 Å². The van der Waals surface area contributed by atoms with E-state index in [4.69, 9.17) is 20.6 Å². The number of nitrogens with one attached hydrogen (secondary N) is 4. The van der Waals surface area contributed by atoms with Gasteiger partial charge in [-0.05, 0) is 35.9 Å². The van der Waals surface area contributed by atoms with Gasteiger partial charge in [0.15, 0.2) is 0 Å². The first kappa shape index (κ1) is 28.4. The molecule has 14 heteroatoms. The number of hydrogen-bond acceptors (Lipinski definition) is 6. The monoisotopic (exact) mass is 559 g/mol. The molecule has 2 aromatic carbocycles. The summed E-state index contributed by atoms with van der Waals surface area (Å²) in [6, 6.07) is 11.2. The first-order chi connectivity index (χ1) is 19.1. The number of halogens is 3. The van der Waals surface area contributed by atoms with E-state index >= 15 is 0 Å². The molecule has 2 heterocycles. The van der Waals surface area contributed by atoms with Crippen molar-refractivity contribution in [2.75, 3.05) is 44.0 Å². The SMILES string of the molecule is COc1cc(-c2cc(CN3CCOCC3)[nH]c2/C(N)=N\C=N)ccc1NC(=O)Nc1cccc(OC(F)(F)F)c1. The van der Waals surface area contributed by atoms with Gasteiger partial charge in [0.05, 0.1) is 31.7 Å². The van der Waals surface area contributed by atoms with Crippen LogP contribution in [0.25, 0.3) is 11.1 Å². The third-order valence-electron chi connectivity index (χ3n) is 5.92. The molecule has 212 valence electrons. The molecule has 40 heavy (non-hydrogen) atoms. The molecule has 1 fully saturated rings. The van der Waals surface area contributed by atoms with E-state index in [2.05, 4.69) is 30.2 Å². The summed E-state index contributed by atoms with van der Waals surface area (Å²) in [7, 11) is 1.44. The summed E-state index contributed by atoms with van der Waals surface area (Å²) in [5.74, 6) is -0.00452. The minimum atomic E-state index is -4.85. The van der Waals surface area contributed by atoms with Gasteiger partial charge in [0, 0.05) is 42.6 Å². The van der Waals surface area contributed by atoms with Crippen LogP contribution in [0.15, 0.2) is 53.5 Å². The van der Waals surface area contributed by atoms with E-state index in [1.54, 1.807) is 18.2 Å². The maximum atomic E-state index is 12.6. The molecule has 1 aliphatic heterocycles. The Morgan fingerprint density at radius 2 is 1.98 bits per heavy atom. The van der Waals surface area contributed by atoms with E-state index in [1.807, 2.05) is 6.07 Å². The van der Waals surface area contributed by atoms with Crippen LogP contribution in [-0.2, 0) is 11.3 Å². The molecule has 11 nitrogen and oxygen atoms in total. The van der Waals surface area contributed by atoms with Crippen molar-refractivity contribution in [3.05, 3.63) is 59.9 Å². The van der Waals surface area contributed by atoms with Crippen LogP contribution >= 0.6 is 0 Å². The van der Waals surface area contributed by atoms with Gasteiger partial charge in [-0.2, -0.15) is 0 Å². The molecule has 1 aromatic heterocycles. The number of aliphatic imine (C=N–C) groups is 1. The zero-order valence-electron chi connectivity index (χ0n) is 21.5. The van der Waals surface area contributed by atoms with Gasteiger partial charge in [0.1, 0.15) is 23.7 Å². The molecule has 0 bridgehead atoms. The van der Waals surface area contributed by atoms with E-state index < -0.39 is 18.1 Å². The summed E-state index contributed by atoms with van der Waals surface area (Å²) < 4.78 is 52.3. The number of urea groups is 1. The molecule has 0 atom stereocenters. The lowest BCUT2D eigenvalue weighted by molar-refractivity contribution is -0.274. The molecule has 4 rings (SSSR count). The Balaban J connectivity index is 1.54. The van der Waals surface area contributed by atoms with Crippen LogP contribution in [0, 0.1) is 5.41 Å². The molecule has 1 aliphatic rings. The van der Waals surface area contributed by atoms with Gasteiger partial charge in [-0.15, -0.1) is 13.2 Å². The number of rotatable bonds is 9. The van der Waals surface area contributed by atoms with Crippen LogP contribution in [0.3, 0.4) is 0 Å². The van der Waals surface area contributed by atoms with Crippen molar-refractivity contribution < 1.29 is 32.2 Å². The van der Waals surface area contributed by atoms with Gasteiger partial charge < -0.3 is 35.6 Å². The molecule has 0 aliphatic carbocycles. The molecule has 1 saturated heterocycles. The highest BCUT2D eigenvalue weighted by molar-refractivity contribution is 6.05. The zero-order chi connectivity index (χ0) is 28.7. The standard InChI is InChI=1S/C26H28F3N7O4/c1-38-22-11-16(20-13-18(14-36-7-9-39-10-8-36)33-23(20)24(31)32-15-30)5-6-21(22)35-25(37)34-17-3-2-4-19(12-17)40-26(27,28)29/h2-6,11-13,15,33H,7-10,14H2,1H3,(H3,30,31,32)(H2,34,35,37). The first-order valence-corrected chi connectivity index (χ1v) is 12.1. The highest BCUT2D eigenvalue weighted by Crippen LogP contribution is 2.34. The summed E-state index contributed by atoms with van der Waals surface area (Å²) in [6.07, 6.45) is -3.99. The van der Waals surface area contributed by atoms with Crippen molar-refractivity contribution in [1.29, 1.82) is 5.41 Å². The third kappa shape index (κ3) is 7.51. The molecule has 2 amide bonds. The number of alkyl halides is 3. The Labute approximate surface area is 227 Å². The highest BCUT2D eigenvalue weighted by atomic mass is 19.4. The van der Waals surface area contributed by atoms with Crippen LogP contribution in [-0.4, -0.2) is 67.9 Å². The number of nitrogens with zero attached hydrogens (tertiary/aromatic N) is 2. The Morgan fingerprint density at radius 1 is 1.20 bits per heavy atom. The molecule has 0 radical (unpaired) electrons. The number of carbonyl (C=O) groups excluding carboxylic acids is 1. The zero-order valence-corrected chi connectivity index (χ0v) is 21.5. The number of amides is 2. The summed E-state index contributed by atoms with van der Waals surface area (Å²) in [6.45, 7) is 3.54. The largest absolute Gasteiger partial charge is 0.573 e. The number of amidine groups is 1. The van der Waals surface area contributed by atoms with E-state index in [0.29, 0.717) is 42.5 Å². The highest BCUT2D eigenvalue weighted by Gasteiger charge is 2.31. The topological polar surface area (TPSA) is 150 Å². The van der Waals surface area contributed by atoms with E-state index in [9.17, 15) is 18.0 Å². The lowest BCUT2D eigenvalue weighted by atomic mass is 10.0. The number of methoxy groups -OCH3 is 1. The number of ether oxygens (including phenoxy) is 3. The minimum absolute atomic E-state index is 0.0977. The second-order valence-electron chi connectivity index (χ2n) is 8.69. The smallest absolute Gasteiger partial charge is 0.495 e. The van der Waals surface area contributed by atoms with Crippen LogP contribution in [0.2, 0.25) is 0 Å². The van der Waals surface area contributed by atoms with Crippen LogP contribution < -0.4 is 25.8 Å². The summed E-state index contributed by atoms with van der Waals surface area (Å²) in [4.78, 5) is 22.0. The maximum absolute atomic E-state index is 12.6. The lowest BCUT2D eigenvalue weighted by Crippen LogP contribution is -2.35. The van der Waals surface area contributed by atoms with Crippen molar-refractivity contribution in [3.63, 3.8) is 0 Å². The summed E-state index contributed by atoms with van der Waals surface area (Å²) in [5, 5.41) is 12.4. The van der Waals surface area contributed by atoms with Gasteiger partial charge in [-0.1, -0.05) is 12.1 Å². The van der Waals surface area contributed by atoms with Gasteiger partial charge in [-0.25, -0.2) is 9.79 Å². The van der Waals surface area contributed by atoms with Crippen LogP contribution in [0.4, 0.5) is 29.3 Å². The van der Waals surface area contributed by atoms with Crippen molar-refractivity contribution in [2.45, 2.75) is 12.9 Å². The number of benzene rings is 2. The molecular formula is C26H28F3N7O4. The lowest BCUT2D eigenvalue weighted by Gasteiger charge is -2.25. The Morgan fingerprint density at radius 3 is 2.67 bits per heavy atom. The van der Waals surface area contributed by atoms with Crippen molar-refractivity contribution in [3.8, 4) is 22.6 Å². The number of morpholine rings is 1. The second-order valence-corrected chi connectivity index (χ2v) is 8.69. The summed E-state index contributed by atoms with van der Waals surface area (Å²) in [5.41, 5.74) is 9.42. The maximum Gasteiger partial charge on any atom is 0.573 e. The van der Waals surface area contributed by atoms with Crippen LogP contribution in [0.1, 0.15) is 11.4 Å². The van der Waals surface area contributed by atoms with Crippen LogP contribution in [0.5, 0.6) is 11.5 Å². The van der Waals surface area contributed by atoms with Gasteiger partial charge in [0.25, 0.3) is 0 Å².